The lowest BCUT2D eigenvalue weighted by Crippen LogP contribution is -2.37. The first-order chi connectivity index (χ1) is 4.15. The summed E-state index contributed by atoms with van der Waals surface area (Å²) in [5.41, 5.74) is 0. The molecule has 0 heterocycles. The van der Waals surface area contributed by atoms with Crippen molar-refractivity contribution in [1.82, 2.24) is 0 Å². The maximum atomic E-state index is 6.17. The molecule has 0 bridgehead atoms. The van der Waals surface area contributed by atoms with Gasteiger partial charge in [0.25, 0.3) is 0 Å². The minimum absolute atomic E-state index is 0.338. The van der Waals surface area contributed by atoms with Crippen molar-refractivity contribution in [3.8, 4) is 0 Å². The molecule has 0 aromatic carbocycles. The second-order valence-corrected chi connectivity index (χ2v) is 18.8. The Balaban J connectivity index is 4.23. The molecule has 0 rings (SSSR count). The summed E-state index contributed by atoms with van der Waals surface area (Å²) >= 11 is 18.2. The molecule has 1 unspecified atom stereocenters. The minimum Gasteiger partial charge on any atom is -0.168 e. The molecule has 5 heteroatoms. The maximum absolute atomic E-state index is 6.17. The van der Waals surface area contributed by atoms with Gasteiger partial charge in [0.05, 0.1) is 0 Å². The standard InChI is InChI=1S/C5H13Cl3Si2/c1-5(9(2,3)6)10(4,7)8/h5H,1-4H3. The number of rotatable bonds is 2. The van der Waals surface area contributed by atoms with Gasteiger partial charge in [-0.1, -0.05) is 20.0 Å². The number of hydrogen-bond acceptors (Lipinski definition) is 0. The van der Waals surface area contributed by atoms with Crippen LogP contribution in [-0.4, -0.2) is 14.1 Å². The van der Waals surface area contributed by atoms with Crippen LogP contribution in [0.4, 0.5) is 0 Å². The summed E-state index contributed by atoms with van der Waals surface area (Å²) in [5.74, 6) is 0. The molecule has 0 N–H and O–H groups in total. The highest BCUT2D eigenvalue weighted by molar-refractivity contribution is 7.50. The number of halogens is 3. The van der Waals surface area contributed by atoms with Gasteiger partial charge in [0.2, 0.25) is 6.69 Å². The zero-order valence-corrected chi connectivity index (χ0v) is 11.0. The van der Waals surface area contributed by atoms with Crippen molar-refractivity contribution in [3.63, 3.8) is 0 Å². The van der Waals surface area contributed by atoms with E-state index in [-0.39, 0.29) is 0 Å². The zero-order chi connectivity index (χ0) is 8.58. The highest BCUT2D eigenvalue weighted by Crippen LogP contribution is 2.38. The highest BCUT2D eigenvalue weighted by atomic mass is 35.7. The first-order valence-electron chi connectivity index (χ1n) is 3.22. The lowest BCUT2D eigenvalue weighted by atomic mass is 10.9. The van der Waals surface area contributed by atoms with E-state index in [4.69, 9.17) is 33.2 Å². The van der Waals surface area contributed by atoms with Crippen LogP contribution >= 0.6 is 33.2 Å². The Labute approximate surface area is 79.0 Å². The van der Waals surface area contributed by atoms with Gasteiger partial charge in [-0.15, -0.1) is 22.2 Å². The predicted octanol–water partition coefficient (Wildman–Crippen LogP) is 3.91. The van der Waals surface area contributed by atoms with Gasteiger partial charge >= 0.3 is 0 Å². The topological polar surface area (TPSA) is 0 Å². The summed E-state index contributed by atoms with van der Waals surface area (Å²) in [7, 11) is -1.63. The van der Waals surface area contributed by atoms with E-state index in [1.165, 1.54) is 0 Å². The van der Waals surface area contributed by atoms with Gasteiger partial charge in [0.1, 0.15) is 0 Å². The molecule has 1 atom stereocenters. The Hall–Kier alpha value is 1.30. The van der Waals surface area contributed by atoms with Crippen LogP contribution in [0.2, 0.25) is 24.8 Å². The smallest absolute Gasteiger partial charge is 0.168 e. The quantitative estimate of drug-likeness (QED) is 0.503. The van der Waals surface area contributed by atoms with Gasteiger partial charge in [0.15, 0.2) is 7.38 Å². The van der Waals surface area contributed by atoms with Crippen molar-refractivity contribution < 1.29 is 0 Å². The molecule has 0 saturated carbocycles. The third-order valence-corrected chi connectivity index (χ3v) is 13.9. The Morgan fingerprint density at radius 3 is 1.30 bits per heavy atom. The van der Waals surface area contributed by atoms with Crippen LogP contribution in [-0.2, 0) is 0 Å². The van der Waals surface area contributed by atoms with E-state index < -0.39 is 14.1 Å². The number of hydrogen-bond donors (Lipinski definition) is 0. The Kier molecular flexibility index (Phi) is 3.79. The van der Waals surface area contributed by atoms with Crippen LogP contribution in [0.25, 0.3) is 0 Å². The fraction of sp³-hybridized carbons (Fsp3) is 1.00. The van der Waals surface area contributed by atoms with Crippen LogP contribution in [0, 0.1) is 0 Å². The summed E-state index contributed by atoms with van der Waals surface area (Å²) in [6, 6.07) is 0. The van der Waals surface area contributed by atoms with Crippen molar-refractivity contribution in [2.24, 2.45) is 0 Å². The fourth-order valence-electron chi connectivity index (χ4n) is 0.603. The van der Waals surface area contributed by atoms with Crippen LogP contribution in [0.15, 0.2) is 0 Å². The lowest BCUT2D eigenvalue weighted by Gasteiger charge is -2.28. The first kappa shape index (κ1) is 11.3. The van der Waals surface area contributed by atoms with Crippen molar-refractivity contribution in [2.75, 3.05) is 0 Å². The Bertz CT molecular complexity index is 99.0. The summed E-state index contributed by atoms with van der Waals surface area (Å²) in [6.45, 7) is 6.12. The maximum Gasteiger partial charge on any atom is 0.249 e. The summed E-state index contributed by atoms with van der Waals surface area (Å²) < 4.78 is 0. The molecule has 0 amide bonds. The molecule has 0 aliphatic carbocycles. The van der Waals surface area contributed by atoms with Crippen molar-refractivity contribution >= 4 is 47.3 Å². The SMILES string of the molecule is CC([Si](C)(C)Cl)[Si](C)(Cl)Cl. The molecule has 0 aliphatic rings. The molecule has 0 saturated heterocycles. The Morgan fingerprint density at radius 2 is 1.30 bits per heavy atom. The van der Waals surface area contributed by atoms with Crippen molar-refractivity contribution in [2.45, 2.75) is 31.7 Å². The molecule has 0 nitrogen and oxygen atoms in total. The summed E-state index contributed by atoms with van der Waals surface area (Å²) in [4.78, 5) is 0. The molecule has 0 aliphatic heterocycles. The van der Waals surface area contributed by atoms with Gasteiger partial charge in [-0.3, -0.25) is 0 Å². The second-order valence-electron chi connectivity index (χ2n) is 3.24. The van der Waals surface area contributed by atoms with Gasteiger partial charge < -0.3 is 0 Å². The Morgan fingerprint density at radius 1 is 1.00 bits per heavy atom. The van der Waals surface area contributed by atoms with Crippen LogP contribution in [0.1, 0.15) is 6.92 Å². The van der Waals surface area contributed by atoms with E-state index in [0.717, 1.165) is 0 Å². The third kappa shape index (κ3) is 3.62. The first-order valence-corrected chi connectivity index (χ1v) is 11.9. The molecule has 62 valence electrons. The molecule has 0 aromatic rings. The molecule has 0 fully saturated rings. The second kappa shape index (κ2) is 3.36. The highest BCUT2D eigenvalue weighted by Gasteiger charge is 2.40. The summed E-state index contributed by atoms with van der Waals surface area (Å²) in [5, 5.41) is 0.338. The van der Waals surface area contributed by atoms with Crippen LogP contribution in [0.3, 0.4) is 0 Å². The van der Waals surface area contributed by atoms with Gasteiger partial charge in [0, 0.05) is 0 Å². The van der Waals surface area contributed by atoms with E-state index >= 15 is 0 Å². The van der Waals surface area contributed by atoms with E-state index in [2.05, 4.69) is 20.0 Å². The third-order valence-electron chi connectivity index (χ3n) is 1.79. The largest absolute Gasteiger partial charge is 0.249 e. The molecule has 0 aromatic heterocycles. The zero-order valence-electron chi connectivity index (χ0n) is 6.71. The van der Waals surface area contributed by atoms with E-state index in [0.29, 0.717) is 5.16 Å². The van der Waals surface area contributed by atoms with E-state index in [9.17, 15) is 0 Å². The fourth-order valence-corrected chi connectivity index (χ4v) is 13.3. The molecule has 0 radical (unpaired) electrons. The predicted molar refractivity (Wildman–Crippen MR) is 56.1 cm³/mol. The van der Waals surface area contributed by atoms with Gasteiger partial charge in [-0.05, 0) is 11.7 Å². The normalized spacial score (nSPS) is 17.1. The van der Waals surface area contributed by atoms with Gasteiger partial charge in [-0.25, -0.2) is 0 Å². The van der Waals surface area contributed by atoms with Gasteiger partial charge in [-0.2, -0.15) is 11.1 Å². The van der Waals surface area contributed by atoms with E-state index in [1.54, 1.807) is 0 Å². The average Bonchev–Trinajstić information content (AvgIpc) is 1.59. The molecular formula is C5H13Cl3Si2. The molecule has 0 spiro atoms. The van der Waals surface area contributed by atoms with Crippen molar-refractivity contribution in [1.29, 1.82) is 0 Å². The minimum atomic E-state index is -2.02. The lowest BCUT2D eigenvalue weighted by molar-refractivity contribution is 1.25. The molecule has 10 heavy (non-hydrogen) atoms. The van der Waals surface area contributed by atoms with E-state index in [1.807, 2.05) is 6.55 Å². The molecular weight excluding hydrogens is 223 g/mol. The average molecular weight is 236 g/mol. The van der Waals surface area contributed by atoms with Crippen molar-refractivity contribution in [3.05, 3.63) is 0 Å². The van der Waals surface area contributed by atoms with Crippen LogP contribution in [0.5, 0.6) is 0 Å². The summed E-state index contributed by atoms with van der Waals surface area (Å²) in [6.07, 6.45) is 0. The van der Waals surface area contributed by atoms with Crippen LogP contribution < -0.4 is 0 Å². The monoisotopic (exact) mass is 234 g/mol.